The second kappa shape index (κ2) is 6.01. The number of benzene rings is 2. The molecule has 3 heterocycles. The maximum atomic E-state index is 13.7. The summed E-state index contributed by atoms with van der Waals surface area (Å²) in [5.74, 6) is -0.729. The number of imide groups is 1. The summed E-state index contributed by atoms with van der Waals surface area (Å²) in [6.07, 6.45) is -4.29. The molecule has 1 saturated heterocycles. The number of hydrogen-bond acceptors (Lipinski definition) is 2. The summed E-state index contributed by atoms with van der Waals surface area (Å²) < 4.78 is 41.0. The van der Waals surface area contributed by atoms with Crippen LogP contribution >= 0.6 is 11.6 Å². The molecule has 0 unspecified atom stereocenters. The van der Waals surface area contributed by atoms with Crippen LogP contribution in [0.4, 0.5) is 23.7 Å². The first-order valence-electron chi connectivity index (χ1n) is 9.27. The molecule has 0 radical (unpaired) electrons. The molecule has 3 amide bonds. The normalized spacial score (nSPS) is 21.4. The SMILES string of the molecule is C[C@]12C(=O)N(c3ccc(Cl)cc3C(F)(F)F)C(=O)N1CCc1c2[nH]c2ccccc12. The lowest BCUT2D eigenvalue weighted by Gasteiger charge is -2.35. The fourth-order valence-electron chi connectivity index (χ4n) is 4.53. The molecule has 1 N–H and O–H groups in total. The van der Waals surface area contributed by atoms with Gasteiger partial charge in [-0.15, -0.1) is 0 Å². The van der Waals surface area contributed by atoms with Gasteiger partial charge in [-0.05, 0) is 43.2 Å². The van der Waals surface area contributed by atoms with Crippen LogP contribution in [-0.4, -0.2) is 28.4 Å². The molecule has 0 saturated carbocycles. The van der Waals surface area contributed by atoms with E-state index in [9.17, 15) is 22.8 Å². The van der Waals surface area contributed by atoms with E-state index in [1.54, 1.807) is 6.92 Å². The monoisotopic (exact) mass is 433 g/mol. The van der Waals surface area contributed by atoms with Gasteiger partial charge in [0.25, 0.3) is 5.91 Å². The highest BCUT2D eigenvalue weighted by Crippen LogP contribution is 2.47. The Hall–Kier alpha value is -3.00. The fraction of sp³-hybridized carbons (Fsp3) is 0.238. The number of aromatic nitrogens is 1. The summed E-state index contributed by atoms with van der Waals surface area (Å²) in [5, 5.41) is 0.807. The number of carbonyl (C=O) groups excluding carboxylic acids is 2. The number of fused-ring (bicyclic) bond motifs is 5. The van der Waals surface area contributed by atoms with Gasteiger partial charge in [0.2, 0.25) is 0 Å². The van der Waals surface area contributed by atoms with E-state index in [1.807, 2.05) is 24.3 Å². The van der Waals surface area contributed by atoms with E-state index < -0.39 is 34.9 Å². The molecule has 154 valence electrons. The van der Waals surface area contributed by atoms with Crippen LogP contribution in [0.2, 0.25) is 5.02 Å². The zero-order valence-corrected chi connectivity index (χ0v) is 16.4. The number of carbonyl (C=O) groups is 2. The standard InChI is InChI=1S/C21H15ClF3N3O2/c1-20-17-13(12-4-2-3-5-15(12)26-17)8-9-27(20)19(30)28(18(20)29)16-7-6-11(22)10-14(16)21(23,24)25/h2-7,10,26H,8-9H2,1H3/t20-/m0/s1. The second-order valence-electron chi connectivity index (χ2n) is 7.58. The highest BCUT2D eigenvalue weighted by Gasteiger charge is 2.59. The van der Waals surface area contributed by atoms with Crippen molar-refractivity contribution in [2.45, 2.75) is 25.1 Å². The third-order valence-corrected chi connectivity index (χ3v) is 6.21. The highest BCUT2D eigenvalue weighted by molar-refractivity contribution is 6.31. The molecule has 1 aromatic heterocycles. The van der Waals surface area contributed by atoms with E-state index in [4.69, 9.17) is 11.6 Å². The van der Waals surface area contributed by atoms with Gasteiger partial charge >= 0.3 is 12.2 Å². The Morgan fingerprint density at radius 2 is 1.87 bits per heavy atom. The summed E-state index contributed by atoms with van der Waals surface area (Å²) in [4.78, 5) is 31.9. The number of amides is 3. The number of anilines is 1. The van der Waals surface area contributed by atoms with Crippen molar-refractivity contribution >= 4 is 40.1 Å². The smallest absolute Gasteiger partial charge is 0.356 e. The average molecular weight is 434 g/mol. The summed E-state index contributed by atoms with van der Waals surface area (Å²) in [6, 6.07) is 9.76. The maximum Gasteiger partial charge on any atom is 0.418 e. The zero-order chi connectivity index (χ0) is 21.4. The molecule has 0 bridgehead atoms. The average Bonchev–Trinajstić information content (AvgIpc) is 3.16. The first kappa shape index (κ1) is 19.0. The molecule has 9 heteroatoms. The van der Waals surface area contributed by atoms with Gasteiger partial charge in [-0.25, -0.2) is 9.69 Å². The van der Waals surface area contributed by atoms with Crippen LogP contribution in [0, 0.1) is 0 Å². The number of aromatic amines is 1. The molecule has 2 aliphatic heterocycles. The Balaban J connectivity index is 1.70. The minimum absolute atomic E-state index is 0.132. The topological polar surface area (TPSA) is 56.4 Å². The first-order valence-corrected chi connectivity index (χ1v) is 9.65. The van der Waals surface area contributed by atoms with Crippen molar-refractivity contribution in [1.82, 2.24) is 9.88 Å². The van der Waals surface area contributed by atoms with Crippen LogP contribution in [0.3, 0.4) is 0 Å². The predicted molar refractivity (Wildman–Crippen MR) is 105 cm³/mol. The van der Waals surface area contributed by atoms with E-state index in [1.165, 1.54) is 11.0 Å². The molecule has 0 spiro atoms. The molecule has 3 aromatic rings. The molecule has 5 rings (SSSR count). The highest BCUT2D eigenvalue weighted by atomic mass is 35.5. The van der Waals surface area contributed by atoms with Crippen molar-refractivity contribution in [1.29, 1.82) is 0 Å². The van der Waals surface area contributed by atoms with Crippen LogP contribution in [0.15, 0.2) is 42.5 Å². The summed E-state index contributed by atoms with van der Waals surface area (Å²) >= 11 is 5.76. The van der Waals surface area contributed by atoms with Crippen LogP contribution in [0.25, 0.3) is 10.9 Å². The van der Waals surface area contributed by atoms with Crippen LogP contribution < -0.4 is 4.90 Å². The lowest BCUT2D eigenvalue weighted by molar-refractivity contribution is -0.137. The molecule has 5 nitrogen and oxygen atoms in total. The lowest BCUT2D eigenvalue weighted by Crippen LogP contribution is -2.49. The van der Waals surface area contributed by atoms with Crippen molar-refractivity contribution in [2.24, 2.45) is 0 Å². The maximum absolute atomic E-state index is 13.7. The second-order valence-corrected chi connectivity index (χ2v) is 8.02. The molecular formula is C21H15ClF3N3O2. The number of alkyl halides is 3. The van der Waals surface area contributed by atoms with Crippen molar-refractivity contribution < 1.29 is 22.8 Å². The van der Waals surface area contributed by atoms with Gasteiger partial charge in [-0.3, -0.25) is 4.79 Å². The number of halogens is 4. The van der Waals surface area contributed by atoms with E-state index in [0.717, 1.165) is 28.6 Å². The van der Waals surface area contributed by atoms with Gasteiger partial charge < -0.3 is 9.88 Å². The quantitative estimate of drug-likeness (QED) is 0.544. The Bertz CT molecular complexity index is 1240. The van der Waals surface area contributed by atoms with Gasteiger partial charge in [-0.1, -0.05) is 29.8 Å². The Kier molecular flexibility index (Phi) is 3.80. The number of nitrogens with zero attached hydrogens (tertiary/aromatic N) is 2. The van der Waals surface area contributed by atoms with E-state index in [2.05, 4.69) is 4.98 Å². The molecule has 1 fully saturated rings. The first-order chi connectivity index (χ1) is 14.1. The van der Waals surface area contributed by atoms with Crippen molar-refractivity contribution in [3.8, 4) is 0 Å². The fourth-order valence-corrected chi connectivity index (χ4v) is 4.71. The largest absolute Gasteiger partial charge is 0.418 e. The number of para-hydroxylation sites is 1. The Morgan fingerprint density at radius 3 is 2.60 bits per heavy atom. The Labute approximate surface area is 174 Å². The summed E-state index contributed by atoms with van der Waals surface area (Å²) in [7, 11) is 0. The van der Waals surface area contributed by atoms with Crippen LogP contribution in [0.1, 0.15) is 23.7 Å². The van der Waals surface area contributed by atoms with Crippen LogP contribution in [0.5, 0.6) is 0 Å². The molecule has 2 aromatic carbocycles. The summed E-state index contributed by atoms with van der Waals surface area (Å²) in [5.41, 5.74) is -0.816. The van der Waals surface area contributed by atoms with Crippen LogP contribution in [-0.2, 0) is 22.9 Å². The van der Waals surface area contributed by atoms with Gasteiger partial charge in [0.1, 0.15) is 0 Å². The van der Waals surface area contributed by atoms with Gasteiger partial charge in [0.05, 0.1) is 16.9 Å². The molecular weight excluding hydrogens is 419 g/mol. The van der Waals surface area contributed by atoms with Crippen molar-refractivity contribution in [2.75, 3.05) is 11.4 Å². The van der Waals surface area contributed by atoms with Crippen molar-refractivity contribution in [3.63, 3.8) is 0 Å². The number of rotatable bonds is 1. The number of H-pyrrole nitrogens is 1. The number of urea groups is 1. The van der Waals surface area contributed by atoms with E-state index in [-0.39, 0.29) is 11.6 Å². The number of nitrogens with one attached hydrogen (secondary N) is 1. The van der Waals surface area contributed by atoms with E-state index >= 15 is 0 Å². The minimum Gasteiger partial charge on any atom is -0.356 e. The van der Waals surface area contributed by atoms with Crippen molar-refractivity contribution in [3.05, 3.63) is 64.3 Å². The predicted octanol–water partition coefficient (Wildman–Crippen LogP) is 5.08. The molecule has 30 heavy (non-hydrogen) atoms. The van der Waals surface area contributed by atoms with E-state index in [0.29, 0.717) is 17.0 Å². The van der Waals surface area contributed by atoms with Gasteiger partial charge in [0, 0.05) is 22.5 Å². The number of hydrogen-bond donors (Lipinski definition) is 1. The minimum atomic E-state index is -4.78. The van der Waals surface area contributed by atoms with Gasteiger partial charge in [-0.2, -0.15) is 13.2 Å². The Morgan fingerprint density at radius 1 is 1.13 bits per heavy atom. The molecule has 0 aliphatic carbocycles. The van der Waals surface area contributed by atoms with Gasteiger partial charge in [0.15, 0.2) is 5.54 Å². The summed E-state index contributed by atoms with van der Waals surface area (Å²) in [6.45, 7) is 1.80. The molecule has 2 aliphatic rings. The third kappa shape index (κ3) is 2.37. The molecule has 1 atom stereocenters. The third-order valence-electron chi connectivity index (χ3n) is 5.97. The lowest BCUT2D eigenvalue weighted by atomic mass is 9.87. The zero-order valence-electron chi connectivity index (χ0n) is 15.7.